The van der Waals surface area contributed by atoms with E-state index in [0.717, 1.165) is 0 Å². The predicted octanol–water partition coefficient (Wildman–Crippen LogP) is 0.153. The second-order valence-corrected chi connectivity index (χ2v) is 1.99. The van der Waals surface area contributed by atoms with E-state index in [0.29, 0.717) is 0 Å². The summed E-state index contributed by atoms with van der Waals surface area (Å²) >= 11 is 0. The Kier molecular flexibility index (Phi) is 9.32. The summed E-state index contributed by atoms with van der Waals surface area (Å²) in [6.45, 7) is 0. The zero-order valence-electron chi connectivity index (χ0n) is 5.23. The summed E-state index contributed by atoms with van der Waals surface area (Å²) in [5.41, 5.74) is 0. The van der Waals surface area contributed by atoms with Crippen LogP contribution < -0.4 is 0 Å². The van der Waals surface area contributed by atoms with Crippen molar-refractivity contribution in [2.45, 2.75) is 25.3 Å². The van der Waals surface area contributed by atoms with Gasteiger partial charge in [-0.3, -0.25) is 0 Å². The van der Waals surface area contributed by atoms with Gasteiger partial charge in [0.2, 0.25) is 0 Å². The molecule has 0 amide bonds. The van der Waals surface area contributed by atoms with Gasteiger partial charge in [0, 0.05) is 6.42 Å². The second kappa shape index (κ2) is 6.88. The zero-order valence-corrected chi connectivity index (χ0v) is 5.23. The Morgan fingerprint density at radius 2 is 1.64 bits per heavy atom. The van der Waals surface area contributed by atoms with E-state index in [9.17, 15) is 13.2 Å². The van der Waals surface area contributed by atoms with Crippen molar-refractivity contribution in [1.82, 2.24) is 0 Å². The third-order valence-electron chi connectivity index (χ3n) is 0.923. The van der Waals surface area contributed by atoms with Crippen molar-refractivity contribution in [3.05, 3.63) is 0 Å². The standard InChI is InChI=1S/C4H8BF3O2.K.H/c6-4(7,8)2-1-3-5(9)10;;/h9-10H,1-3H2;;. The van der Waals surface area contributed by atoms with Crippen LogP contribution >= 0.6 is 0 Å². The normalized spacial score (nSPS) is 10.6. The predicted molar refractivity (Wildman–Crippen MR) is 37.4 cm³/mol. The molecule has 0 aliphatic rings. The molecule has 0 aromatic rings. The number of alkyl halides is 3. The van der Waals surface area contributed by atoms with Crippen LogP contribution in [0.4, 0.5) is 13.2 Å². The van der Waals surface area contributed by atoms with Crippen LogP contribution in [0.15, 0.2) is 0 Å². The molecule has 0 heterocycles. The van der Waals surface area contributed by atoms with E-state index in [1.54, 1.807) is 0 Å². The third-order valence-corrected chi connectivity index (χ3v) is 0.923. The summed E-state index contributed by atoms with van der Waals surface area (Å²) in [6.07, 6.45) is -5.60. The third kappa shape index (κ3) is 14.3. The summed E-state index contributed by atoms with van der Waals surface area (Å²) in [7, 11) is -1.62. The van der Waals surface area contributed by atoms with E-state index in [1.165, 1.54) is 0 Å². The molecular weight excluding hydrogens is 187 g/mol. The van der Waals surface area contributed by atoms with E-state index in [4.69, 9.17) is 10.0 Å². The van der Waals surface area contributed by atoms with Crippen LogP contribution in [0.25, 0.3) is 0 Å². The van der Waals surface area contributed by atoms with Gasteiger partial charge in [0.25, 0.3) is 0 Å². The molecule has 0 aliphatic carbocycles. The molecule has 62 valence electrons. The molecule has 0 aromatic carbocycles. The number of rotatable bonds is 3. The molecule has 11 heavy (non-hydrogen) atoms. The fourth-order valence-corrected chi connectivity index (χ4v) is 0.485. The molecule has 0 saturated heterocycles. The van der Waals surface area contributed by atoms with Gasteiger partial charge in [0.05, 0.1) is 0 Å². The van der Waals surface area contributed by atoms with Gasteiger partial charge in [0.15, 0.2) is 0 Å². The number of halogens is 3. The van der Waals surface area contributed by atoms with Crippen molar-refractivity contribution in [3.63, 3.8) is 0 Å². The molecule has 0 aliphatic heterocycles. The summed E-state index contributed by atoms with van der Waals surface area (Å²) in [6, 6.07) is 0. The van der Waals surface area contributed by atoms with Crippen LogP contribution in [0, 0.1) is 0 Å². The van der Waals surface area contributed by atoms with Crippen molar-refractivity contribution in [2.24, 2.45) is 0 Å². The van der Waals surface area contributed by atoms with E-state index in [2.05, 4.69) is 0 Å². The Morgan fingerprint density at radius 3 is 1.91 bits per heavy atom. The molecule has 2 N–H and O–H groups in total. The van der Waals surface area contributed by atoms with Crippen LogP contribution in [0.3, 0.4) is 0 Å². The van der Waals surface area contributed by atoms with Crippen molar-refractivity contribution in [3.8, 4) is 0 Å². The monoisotopic (exact) mass is 196 g/mol. The molecule has 7 heteroatoms. The van der Waals surface area contributed by atoms with Gasteiger partial charge in [0.1, 0.15) is 0 Å². The Labute approximate surface area is 106 Å². The average Bonchev–Trinajstić information content (AvgIpc) is 1.59. The first-order valence-electron chi connectivity index (χ1n) is 2.85. The topological polar surface area (TPSA) is 40.5 Å². The maximum absolute atomic E-state index is 11.3. The fourth-order valence-electron chi connectivity index (χ4n) is 0.485. The minimum atomic E-state index is -4.19. The van der Waals surface area contributed by atoms with Crippen molar-refractivity contribution in [1.29, 1.82) is 0 Å². The van der Waals surface area contributed by atoms with Gasteiger partial charge in [-0.25, -0.2) is 0 Å². The second-order valence-electron chi connectivity index (χ2n) is 1.99. The van der Waals surface area contributed by atoms with E-state index >= 15 is 0 Å². The van der Waals surface area contributed by atoms with Crippen LogP contribution in [0.1, 0.15) is 12.8 Å². The molecule has 0 spiro atoms. The van der Waals surface area contributed by atoms with Crippen LogP contribution in [-0.4, -0.2) is 74.7 Å². The molecule has 0 fully saturated rings. The Hall–Kier alpha value is 1.41. The minimum absolute atomic E-state index is 0. The van der Waals surface area contributed by atoms with Gasteiger partial charge in [-0.15, -0.1) is 0 Å². The summed E-state index contributed by atoms with van der Waals surface area (Å²) in [5, 5.41) is 16.3. The summed E-state index contributed by atoms with van der Waals surface area (Å²) in [4.78, 5) is 0. The maximum atomic E-state index is 11.3. The van der Waals surface area contributed by atoms with Crippen molar-refractivity contribution < 1.29 is 23.2 Å². The first-order valence-corrected chi connectivity index (χ1v) is 2.85. The number of hydrogen-bond acceptors (Lipinski definition) is 2. The molecule has 0 rings (SSSR count). The Bertz CT molecular complexity index is 97.8. The van der Waals surface area contributed by atoms with E-state index in [1.807, 2.05) is 0 Å². The molecule has 0 radical (unpaired) electrons. The van der Waals surface area contributed by atoms with Gasteiger partial charge < -0.3 is 10.0 Å². The summed E-state index contributed by atoms with van der Waals surface area (Å²) < 4.78 is 34.0. The van der Waals surface area contributed by atoms with Crippen molar-refractivity contribution >= 4 is 58.5 Å². The van der Waals surface area contributed by atoms with Crippen LogP contribution in [-0.2, 0) is 0 Å². The zero-order chi connectivity index (χ0) is 8.20. The van der Waals surface area contributed by atoms with Gasteiger partial charge in [-0.2, -0.15) is 13.2 Å². The van der Waals surface area contributed by atoms with Crippen molar-refractivity contribution in [2.75, 3.05) is 0 Å². The SMILES string of the molecule is OB(O)CCCC(F)(F)F.[KH]. The van der Waals surface area contributed by atoms with Crippen LogP contribution in [0.5, 0.6) is 0 Å². The Balaban J connectivity index is 0. The fraction of sp³-hybridized carbons (Fsp3) is 1.00. The van der Waals surface area contributed by atoms with E-state index < -0.39 is 19.7 Å². The molecule has 0 bridgehead atoms. The average molecular weight is 196 g/mol. The van der Waals surface area contributed by atoms with Crippen LogP contribution in [0.2, 0.25) is 6.32 Å². The molecular formula is C4H9BF3KO2. The number of hydrogen-bond donors (Lipinski definition) is 2. The van der Waals surface area contributed by atoms with E-state index in [-0.39, 0.29) is 64.1 Å². The first kappa shape index (κ1) is 14.9. The van der Waals surface area contributed by atoms with Gasteiger partial charge in [-0.1, -0.05) is 0 Å². The first-order chi connectivity index (χ1) is 4.42. The summed E-state index contributed by atoms with van der Waals surface area (Å²) in [5.74, 6) is 0. The molecule has 2 nitrogen and oxygen atoms in total. The van der Waals surface area contributed by atoms with Gasteiger partial charge >= 0.3 is 64.7 Å². The molecule has 0 unspecified atom stereocenters. The van der Waals surface area contributed by atoms with Gasteiger partial charge in [-0.05, 0) is 12.7 Å². The molecule has 0 saturated carbocycles. The Morgan fingerprint density at radius 1 is 1.18 bits per heavy atom. The molecule has 0 atom stereocenters. The quantitative estimate of drug-likeness (QED) is 0.631. The molecule has 0 aromatic heterocycles.